The minimum Gasteiger partial charge on any atom is -1.00 e. The fraction of sp³-hybridized carbons (Fsp3) is 0.600. The summed E-state index contributed by atoms with van der Waals surface area (Å²) in [7, 11) is 0. The molecule has 0 aromatic heterocycles. The number of hydrogen-bond donors (Lipinski definition) is 1. The fourth-order valence-electron chi connectivity index (χ4n) is 0.283. The molecule has 4 heteroatoms. The fourth-order valence-corrected chi connectivity index (χ4v) is 0.283. The first-order chi connectivity index (χ1) is 3.63. The Hall–Kier alpha value is 0.776. The summed E-state index contributed by atoms with van der Waals surface area (Å²) in [6.07, 6.45) is 0.102. The van der Waals surface area contributed by atoms with Crippen LogP contribution in [0.4, 0.5) is 0 Å². The van der Waals surface area contributed by atoms with Gasteiger partial charge in [-0.25, -0.2) is 0 Å². The molecule has 0 aromatic rings. The maximum absolute atomic E-state index is 10.1. The van der Waals surface area contributed by atoms with Crippen LogP contribution in [0.1, 0.15) is 21.2 Å². The van der Waals surface area contributed by atoms with E-state index in [4.69, 9.17) is 5.11 Å². The summed E-state index contributed by atoms with van der Waals surface area (Å²) in [4.78, 5) is 19.8. The number of ketones is 1. The number of rotatable bonds is 3. The molecule has 0 saturated carbocycles. The van der Waals surface area contributed by atoms with Gasteiger partial charge in [0.15, 0.2) is 0 Å². The van der Waals surface area contributed by atoms with Crippen molar-refractivity contribution in [2.24, 2.45) is 0 Å². The van der Waals surface area contributed by atoms with E-state index in [2.05, 4.69) is 0 Å². The summed E-state index contributed by atoms with van der Waals surface area (Å²) in [6.45, 7) is 1.38. The normalized spacial score (nSPS) is 7.67. The van der Waals surface area contributed by atoms with Gasteiger partial charge in [0.1, 0.15) is 5.78 Å². The van der Waals surface area contributed by atoms with Crippen molar-refractivity contribution in [3.8, 4) is 0 Å². The van der Waals surface area contributed by atoms with Gasteiger partial charge in [-0.15, -0.1) is 0 Å². The standard InChI is InChI=1S/C5H8O3.K.H/c1-4(6)2-3-5(7)8;;/h2-3H2,1H3,(H,7,8);;/q;+1;-1. The van der Waals surface area contributed by atoms with E-state index in [0.717, 1.165) is 0 Å². The predicted octanol–water partition coefficient (Wildman–Crippen LogP) is -2.44. The summed E-state index contributed by atoms with van der Waals surface area (Å²) < 4.78 is 0. The van der Waals surface area contributed by atoms with Gasteiger partial charge in [-0.2, -0.15) is 0 Å². The Morgan fingerprint density at radius 2 is 1.89 bits per heavy atom. The number of hydrogen-bond acceptors (Lipinski definition) is 2. The topological polar surface area (TPSA) is 54.4 Å². The third-order valence-electron chi connectivity index (χ3n) is 0.691. The van der Waals surface area contributed by atoms with Gasteiger partial charge in [0, 0.05) is 6.42 Å². The van der Waals surface area contributed by atoms with Crippen LogP contribution in [0.25, 0.3) is 0 Å². The summed E-state index contributed by atoms with van der Waals surface area (Å²) >= 11 is 0. The molecule has 0 aliphatic carbocycles. The number of carboxylic acids is 1. The van der Waals surface area contributed by atoms with Crippen molar-refractivity contribution in [3.05, 3.63) is 0 Å². The smallest absolute Gasteiger partial charge is 1.00 e. The molecular formula is C5H9KO3. The van der Waals surface area contributed by atoms with Gasteiger partial charge in [0.2, 0.25) is 0 Å². The molecule has 0 rings (SSSR count). The van der Waals surface area contributed by atoms with Crippen molar-refractivity contribution in [1.29, 1.82) is 0 Å². The number of aliphatic carboxylic acids is 1. The Morgan fingerprint density at radius 3 is 2.00 bits per heavy atom. The summed E-state index contributed by atoms with van der Waals surface area (Å²) in [5.74, 6) is -0.993. The molecule has 0 atom stereocenters. The molecule has 0 heterocycles. The second-order valence-electron chi connectivity index (χ2n) is 1.60. The third kappa shape index (κ3) is 12.1. The Morgan fingerprint density at radius 1 is 1.44 bits per heavy atom. The third-order valence-corrected chi connectivity index (χ3v) is 0.691. The minimum atomic E-state index is -0.916. The molecule has 0 amide bonds. The number of carboxylic acid groups (broad SMARTS) is 1. The summed E-state index contributed by atoms with van der Waals surface area (Å²) in [6, 6.07) is 0. The number of carbonyl (C=O) groups is 2. The molecular weight excluding hydrogens is 147 g/mol. The Bertz CT molecular complexity index is 101. The molecule has 0 aliphatic heterocycles. The van der Waals surface area contributed by atoms with Crippen LogP contribution < -0.4 is 51.4 Å². The zero-order chi connectivity index (χ0) is 6.57. The van der Waals surface area contributed by atoms with E-state index in [-0.39, 0.29) is 71.4 Å². The summed E-state index contributed by atoms with van der Waals surface area (Å²) in [5, 5.41) is 8.01. The monoisotopic (exact) mass is 156 g/mol. The zero-order valence-corrected chi connectivity index (χ0v) is 8.80. The quantitative estimate of drug-likeness (QED) is 0.462. The largest absolute Gasteiger partial charge is 1.00 e. The molecule has 0 radical (unpaired) electrons. The first-order valence-corrected chi connectivity index (χ1v) is 2.34. The Labute approximate surface area is 97.7 Å². The van der Waals surface area contributed by atoms with Gasteiger partial charge in [-0.3, -0.25) is 4.79 Å². The van der Waals surface area contributed by atoms with Crippen molar-refractivity contribution < 1.29 is 67.5 Å². The van der Waals surface area contributed by atoms with Crippen LogP contribution in [0, 0.1) is 0 Å². The predicted molar refractivity (Wildman–Crippen MR) is 28.7 cm³/mol. The molecule has 0 bridgehead atoms. The SMILES string of the molecule is CC(=O)CCC(=O)O.[H-].[K+]. The first kappa shape index (κ1) is 12.5. The molecule has 1 N–H and O–H groups in total. The van der Waals surface area contributed by atoms with Crippen molar-refractivity contribution in [2.75, 3.05) is 0 Å². The van der Waals surface area contributed by atoms with Crippen LogP contribution in [0.2, 0.25) is 0 Å². The van der Waals surface area contributed by atoms with E-state index in [0.29, 0.717) is 0 Å². The van der Waals surface area contributed by atoms with Gasteiger partial charge in [-0.1, -0.05) is 0 Å². The summed E-state index contributed by atoms with van der Waals surface area (Å²) in [5.41, 5.74) is 0. The second kappa shape index (κ2) is 6.89. The van der Waals surface area contributed by atoms with E-state index in [1.165, 1.54) is 6.92 Å². The van der Waals surface area contributed by atoms with Crippen LogP contribution in [0.3, 0.4) is 0 Å². The van der Waals surface area contributed by atoms with E-state index >= 15 is 0 Å². The number of carbonyl (C=O) groups excluding carboxylic acids is 1. The Kier molecular flexibility index (Phi) is 9.53. The molecule has 3 nitrogen and oxygen atoms in total. The molecule has 0 aliphatic rings. The van der Waals surface area contributed by atoms with E-state index < -0.39 is 5.97 Å². The molecule has 0 unspecified atom stereocenters. The van der Waals surface area contributed by atoms with E-state index in [1.807, 2.05) is 0 Å². The molecule has 9 heavy (non-hydrogen) atoms. The molecule has 48 valence electrons. The molecule has 0 aromatic carbocycles. The van der Waals surface area contributed by atoms with E-state index in [9.17, 15) is 9.59 Å². The van der Waals surface area contributed by atoms with Crippen molar-refractivity contribution in [1.82, 2.24) is 0 Å². The maximum Gasteiger partial charge on any atom is 1.00 e. The van der Waals surface area contributed by atoms with Crippen molar-refractivity contribution in [2.45, 2.75) is 19.8 Å². The van der Waals surface area contributed by atoms with Crippen LogP contribution in [-0.2, 0) is 9.59 Å². The van der Waals surface area contributed by atoms with Gasteiger partial charge < -0.3 is 11.3 Å². The average molecular weight is 156 g/mol. The van der Waals surface area contributed by atoms with Gasteiger partial charge in [0.25, 0.3) is 0 Å². The average Bonchev–Trinajstić information content (AvgIpc) is 1.61. The molecule has 0 fully saturated rings. The van der Waals surface area contributed by atoms with E-state index in [1.54, 1.807) is 0 Å². The van der Waals surface area contributed by atoms with Crippen LogP contribution in [-0.4, -0.2) is 16.9 Å². The van der Waals surface area contributed by atoms with Crippen LogP contribution in [0.5, 0.6) is 0 Å². The second-order valence-corrected chi connectivity index (χ2v) is 1.60. The van der Waals surface area contributed by atoms with Crippen molar-refractivity contribution in [3.63, 3.8) is 0 Å². The van der Waals surface area contributed by atoms with Gasteiger partial charge in [0.05, 0.1) is 6.42 Å². The van der Waals surface area contributed by atoms with Crippen molar-refractivity contribution >= 4 is 11.8 Å². The minimum absolute atomic E-state index is 0. The molecule has 0 spiro atoms. The molecule has 0 saturated heterocycles. The Balaban J connectivity index is -0.000000245. The zero-order valence-electron chi connectivity index (χ0n) is 6.68. The van der Waals surface area contributed by atoms with Gasteiger partial charge in [-0.05, 0) is 6.92 Å². The first-order valence-electron chi connectivity index (χ1n) is 2.34. The van der Waals surface area contributed by atoms with Gasteiger partial charge >= 0.3 is 57.4 Å². The van der Waals surface area contributed by atoms with Crippen LogP contribution >= 0.6 is 0 Å². The van der Waals surface area contributed by atoms with Crippen LogP contribution in [0.15, 0.2) is 0 Å². The number of Topliss-reactive ketones (excluding diaryl/α,β-unsaturated/α-hetero) is 1. The maximum atomic E-state index is 10.1.